The fourth-order valence-electron chi connectivity index (χ4n) is 3.46. The second-order valence-electron chi connectivity index (χ2n) is 6.82. The Bertz CT molecular complexity index is 814. The molecule has 2 aromatic rings. The molecule has 1 aliphatic rings. The Morgan fingerprint density at radius 1 is 1.32 bits per heavy atom. The van der Waals surface area contributed by atoms with E-state index in [1.807, 2.05) is 32.0 Å². The van der Waals surface area contributed by atoms with Crippen molar-refractivity contribution in [1.82, 2.24) is 15.8 Å². The van der Waals surface area contributed by atoms with Crippen LogP contribution in [0.15, 0.2) is 33.8 Å². The summed E-state index contributed by atoms with van der Waals surface area (Å²) in [6.45, 7) is 5.37. The topological polar surface area (TPSA) is 91.6 Å². The first-order valence-corrected chi connectivity index (χ1v) is 9.33. The summed E-state index contributed by atoms with van der Waals surface area (Å²) < 4.78 is 5.20. The molecule has 7 nitrogen and oxygen atoms in total. The fourth-order valence-corrected chi connectivity index (χ4v) is 3.46. The summed E-state index contributed by atoms with van der Waals surface area (Å²) in [4.78, 5) is 16.2. The van der Waals surface area contributed by atoms with Gasteiger partial charge in [-0.05, 0) is 38.3 Å². The van der Waals surface area contributed by atoms with E-state index in [1.54, 1.807) is 7.05 Å². The van der Waals surface area contributed by atoms with E-state index < -0.39 is 0 Å². The van der Waals surface area contributed by atoms with Gasteiger partial charge in [0.1, 0.15) is 5.76 Å². The summed E-state index contributed by atoms with van der Waals surface area (Å²) in [6.07, 6.45) is 2.35. The van der Waals surface area contributed by atoms with Gasteiger partial charge >= 0.3 is 0 Å². The second-order valence-corrected chi connectivity index (χ2v) is 6.82. The predicted octanol–water partition coefficient (Wildman–Crippen LogP) is 3.13. The molecule has 28 heavy (non-hydrogen) atoms. The van der Waals surface area contributed by atoms with E-state index in [0.29, 0.717) is 13.0 Å². The molecule has 1 aromatic carbocycles. The lowest BCUT2D eigenvalue weighted by Gasteiger charge is -2.26. The summed E-state index contributed by atoms with van der Waals surface area (Å²) in [5, 5.41) is 13.6. The summed E-state index contributed by atoms with van der Waals surface area (Å²) in [6, 6.07) is 7.96. The smallest absolute Gasteiger partial charge is 0.225 e. The highest BCUT2D eigenvalue weighted by molar-refractivity contribution is 14.0. The first-order chi connectivity index (χ1) is 13.1. The fraction of sp³-hybridized carbons (Fsp3) is 0.450. The number of nitrogens with one attached hydrogen (secondary N) is 3. The summed E-state index contributed by atoms with van der Waals surface area (Å²) in [5.74, 6) is 1.83. The van der Waals surface area contributed by atoms with Crippen molar-refractivity contribution in [2.75, 3.05) is 25.5 Å². The number of para-hydroxylation sites is 1. The number of anilines is 1. The van der Waals surface area contributed by atoms with Gasteiger partial charge in [-0.2, -0.15) is 0 Å². The predicted molar refractivity (Wildman–Crippen MR) is 122 cm³/mol. The van der Waals surface area contributed by atoms with E-state index in [-0.39, 0.29) is 35.8 Å². The summed E-state index contributed by atoms with van der Waals surface area (Å²) in [5.41, 5.74) is 4.22. The number of hydrogen-bond acceptors (Lipinski definition) is 4. The van der Waals surface area contributed by atoms with E-state index in [1.165, 1.54) is 11.1 Å². The van der Waals surface area contributed by atoms with Crippen LogP contribution in [-0.4, -0.2) is 37.2 Å². The SMILES string of the molecule is CN=C(NCCCc1c(C)noc1C)NCC1CC(=O)Nc2ccccc21.I. The number of carbonyl (C=O) groups is 1. The Labute approximate surface area is 182 Å². The van der Waals surface area contributed by atoms with Crippen LogP contribution in [0.2, 0.25) is 0 Å². The van der Waals surface area contributed by atoms with Crippen LogP contribution in [0.25, 0.3) is 0 Å². The minimum absolute atomic E-state index is 0. The molecule has 1 aromatic heterocycles. The number of aryl methyl sites for hydroxylation is 2. The van der Waals surface area contributed by atoms with Gasteiger partial charge < -0.3 is 20.5 Å². The lowest BCUT2D eigenvalue weighted by atomic mass is 9.90. The number of rotatable bonds is 6. The third kappa shape index (κ3) is 5.46. The van der Waals surface area contributed by atoms with E-state index in [9.17, 15) is 4.79 Å². The number of fused-ring (bicyclic) bond motifs is 1. The Morgan fingerprint density at radius 2 is 2.11 bits per heavy atom. The highest BCUT2D eigenvalue weighted by atomic mass is 127. The summed E-state index contributed by atoms with van der Waals surface area (Å²) >= 11 is 0. The Hall–Kier alpha value is -2.10. The molecule has 0 saturated heterocycles. The average molecular weight is 497 g/mol. The highest BCUT2D eigenvalue weighted by Crippen LogP contribution is 2.31. The van der Waals surface area contributed by atoms with Crippen molar-refractivity contribution in [2.24, 2.45) is 4.99 Å². The number of halogens is 1. The highest BCUT2D eigenvalue weighted by Gasteiger charge is 2.24. The number of benzene rings is 1. The maximum Gasteiger partial charge on any atom is 0.225 e. The van der Waals surface area contributed by atoms with Gasteiger partial charge in [-0.25, -0.2) is 0 Å². The van der Waals surface area contributed by atoms with E-state index in [2.05, 4.69) is 32.2 Å². The van der Waals surface area contributed by atoms with Crippen LogP contribution in [0.1, 0.15) is 41.3 Å². The standard InChI is InChI=1S/C20H27N5O2.HI/c1-13-16(14(2)27-25-13)8-6-10-22-20(21-3)23-12-15-11-19(26)24-18-9-5-4-7-17(15)18;/h4-5,7,9,15H,6,8,10-12H2,1-3H3,(H,24,26)(H2,21,22,23);1H. The molecule has 8 heteroatoms. The van der Waals surface area contributed by atoms with Gasteiger partial charge in [-0.1, -0.05) is 23.4 Å². The zero-order valence-electron chi connectivity index (χ0n) is 16.5. The molecule has 152 valence electrons. The van der Waals surface area contributed by atoms with Gasteiger partial charge in [0, 0.05) is 43.7 Å². The molecule has 0 bridgehead atoms. The van der Waals surface area contributed by atoms with Crippen LogP contribution in [0.3, 0.4) is 0 Å². The molecule has 3 rings (SSSR count). The molecule has 1 amide bonds. The molecule has 0 saturated carbocycles. The third-order valence-electron chi connectivity index (χ3n) is 4.92. The second kappa shape index (κ2) is 10.4. The lowest BCUT2D eigenvalue weighted by Crippen LogP contribution is -2.41. The van der Waals surface area contributed by atoms with E-state index >= 15 is 0 Å². The number of aromatic nitrogens is 1. The normalized spacial score (nSPS) is 16.0. The monoisotopic (exact) mass is 497 g/mol. The maximum atomic E-state index is 11.9. The van der Waals surface area contributed by atoms with E-state index in [0.717, 1.165) is 42.5 Å². The van der Waals surface area contributed by atoms with Crippen LogP contribution in [0, 0.1) is 13.8 Å². The number of aliphatic imine (C=N–C) groups is 1. The van der Waals surface area contributed by atoms with Gasteiger partial charge in [-0.3, -0.25) is 9.79 Å². The van der Waals surface area contributed by atoms with Crippen molar-refractivity contribution in [3.8, 4) is 0 Å². The molecule has 0 aliphatic carbocycles. The first kappa shape index (κ1) is 22.2. The van der Waals surface area contributed by atoms with Gasteiger partial charge in [0.25, 0.3) is 0 Å². The number of amides is 1. The van der Waals surface area contributed by atoms with Crippen molar-refractivity contribution >= 4 is 41.5 Å². The molecule has 1 aliphatic heterocycles. The van der Waals surface area contributed by atoms with Gasteiger partial charge in [0.05, 0.1) is 5.69 Å². The molecular weight excluding hydrogens is 469 g/mol. The van der Waals surface area contributed by atoms with Crippen LogP contribution in [0.5, 0.6) is 0 Å². The molecule has 2 heterocycles. The van der Waals surface area contributed by atoms with Crippen molar-refractivity contribution in [2.45, 2.75) is 39.0 Å². The van der Waals surface area contributed by atoms with Crippen LogP contribution < -0.4 is 16.0 Å². The number of carbonyl (C=O) groups excluding carboxylic acids is 1. The Morgan fingerprint density at radius 3 is 2.82 bits per heavy atom. The molecule has 1 atom stereocenters. The zero-order chi connectivity index (χ0) is 19.2. The van der Waals surface area contributed by atoms with Crippen molar-refractivity contribution in [3.05, 3.63) is 46.8 Å². The molecule has 1 unspecified atom stereocenters. The van der Waals surface area contributed by atoms with Crippen LogP contribution in [0.4, 0.5) is 5.69 Å². The quantitative estimate of drug-likeness (QED) is 0.247. The first-order valence-electron chi connectivity index (χ1n) is 9.33. The van der Waals surface area contributed by atoms with Crippen molar-refractivity contribution in [3.63, 3.8) is 0 Å². The van der Waals surface area contributed by atoms with E-state index in [4.69, 9.17) is 4.52 Å². The van der Waals surface area contributed by atoms with Gasteiger partial charge in [0.2, 0.25) is 5.91 Å². The molecule has 0 radical (unpaired) electrons. The lowest BCUT2D eigenvalue weighted by molar-refractivity contribution is -0.116. The molecule has 0 fully saturated rings. The molecular formula is C20H28IN5O2. The third-order valence-corrected chi connectivity index (χ3v) is 4.92. The summed E-state index contributed by atoms with van der Waals surface area (Å²) in [7, 11) is 1.76. The van der Waals surface area contributed by atoms with Crippen LogP contribution in [-0.2, 0) is 11.2 Å². The zero-order valence-corrected chi connectivity index (χ0v) is 18.9. The average Bonchev–Trinajstić information content (AvgIpc) is 2.98. The minimum atomic E-state index is 0. The largest absolute Gasteiger partial charge is 0.361 e. The Balaban J connectivity index is 0.00000280. The molecule has 0 spiro atoms. The minimum Gasteiger partial charge on any atom is -0.361 e. The number of hydrogen-bond donors (Lipinski definition) is 3. The number of guanidine groups is 1. The van der Waals surface area contributed by atoms with Gasteiger partial charge in [-0.15, -0.1) is 24.0 Å². The van der Waals surface area contributed by atoms with Crippen LogP contribution >= 0.6 is 24.0 Å². The van der Waals surface area contributed by atoms with Crippen molar-refractivity contribution < 1.29 is 9.32 Å². The number of nitrogens with zero attached hydrogens (tertiary/aromatic N) is 2. The van der Waals surface area contributed by atoms with Crippen molar-refractivity contribution in [1.29, 1.82) is 0 Å². The van der Waals surface area contributed by atoms with Gasteiger partial charge in [0.15, 0.2) is 5.96 Å². The Kier molecular flexibility index (Phi) is 8.28. The molecule has 3 N–H and O–H groups in total. The maximum absolute atomic E-state index is 11.9.